The van der Waals surface area contributed by atoms with Gasteiger partial charge in [-0.05, 0) is 80.0 Å². The molecular formula is C24H25BrN4OS. The molecule has 5 rings (SSSR count). The van der Waals surface area contributed by atoms with Crippen molar-refractivity contribution in [2.24, 2.45) is 0 Å². The lowest BCUT2D eigenvalue weighted by Crippen LogP contribution is -2.31. The molecule has 2 aromatic heterocycles. The van der Waals surface area contributed by atoms with Crippen molar-refractivity contribution in [2.45, 2.75) is 44.5 Å². The minimum atomic E-state index is -0.0456. The Kier molecular flexibility index (Phi) is 5.82. The molecule has 3 aromatic rings. The van der Waals surface area contributed by atoms with Crippen LogP contribution in [0.2, 0.25) is 0 Å². The molecule has 31 heavy (non-hydrogen) atoms. The minimum absolute atomic E-state index is 0.0145. The Labute approximate surface area is 196 Å². The maximum absolute atomic E-state index is 5.92. The summed E-state index contributed by atoms with van der Waals surface area (Å²) >= 11 is 9.48. The van der Waals surface area contributed by atoms with E-state index in [4.69, 9.17) is 17.0 Å². The van der Waals surface area contributed by atoms with E-state index in [0.717, 1.165) is 41.8 Å². The average Bonchev–Trinajstić information content (AvgIpc) is 3.52. The Morgan fingerprint density at radius 2 is 2.13 bits per heavy atom. The van der Waals surface area contributed by atoms with Crippen LogP contribution in [0.5, 0.6) is 0 Å². The number of hydrogen-bond donors (Lipinski definition) is 1. The van der Waals surface area contributed by atoms with Gasteiger partial charge in [-0.1, -0.05) is 22.0 Å². The molecule has 160 valence electrons. The molecule has 0 bridgehead atoms. The zero-order chi connectivity index (χ0) is 21.4. The van der Waals surface area contributed by atoms with E-state index >= 15 is 0 Å². The molecule has 2 aliphatic heterocycles. The van der Waals surface area contributed by atoms with Crippen LogP contribution in [0, 0.1) is 6.92 Å². The van der Waals surface area contributed by atoms with E-state index in [1.165, 1.54) is 11.3 Å². The Bertz CT molecular complexity index is 1080. The fourth-order valence-corrected chi connectivity index (χ4v) is 5.17. The summed E-state index contributed by atoms with van der Waals surface area (Å²) < 4.78 is 9.34. The molecule has 1 aromatic carbocycles. The first-order chi connectivity index (χ1) is 15.1. The molecule has 0 unspecified atom stereocenters. The van der Waals surface area contributed by atoms with Crippen LogP contribution in [0.3, 0.4) is 0 Å². The van der Waals surface area contributed by atoms with E-state index in [1.807, 2.05) is 18.3 Å². The van der Waals surface area contributed by atoms with Crippen molar-refractivity contribution < 1.29 is 4.74 Å². The summed E-state index contributed by atoms with van der Waals surface area (Å²) in [6.07, 6.45) is 6.51. The Hall–Kier alpha value is -2.22. The van der Waals surface area contributed by atoms with Crippen molar-refractivity contribution in [3.05, 3.63) is 82.3 Å². The summed E-state index contributed by atoms with van der Waals surface area (Å²) in [4.78, 5) is 6.89. The lowest BCUT2D eigenvalue weighted by atomic mass is 10.0. The monoisotopic (exact) mass is 496 g/mol. The molecule has 0 amide bonds. The maximum Gasteiger partial charge on any atom is 0.174 e. The van der Waals surface area contributed by atoms with E-state index < -0.39 is 0 Å². The lowest BCUT2D eigenvalue weighted by Gasteiger charge is -2.29. The van der Waals surface area contributed by atoms with Crippen LogP contribution in [0.15, 0.2) is 65.4 Å². The summed E-state index contributed by atoms with van der Waals surface area (Å²) in [6.45, 7) is 3.82. The number of benzene rings is 1. The third-order valence-corrected chi connectivity index (χ3v) is 7.31. The number of ether oxygens (including phenoxy) is 1. The smallest absolute Gasteiger partial charge is 0.174 e. The van der Waals surface area contributed by atoms with E-state index in [-0.39, 0.29) is 18.2 Å². The number of hydrogen-bond acceptors (Lipinski definition) is 3. The molecule has 2 fully saturated rings. The standard InChI is InChI=1S/C24H25BrN4OS/c1-16-14-17(9-10-19(16)25)29-23(22(27-24(29)31)20-7-2-3-11-26-20)21-8-4-12-28(21)15-18-6-5-13-30-18/h2-4,7-12,14,18,22-23H,5-6,13,15H2,1H3,(H,27,31)/t18-,22-,23-/m1/s1. The summed E-state index contributed by atoms with van der Waals surface area (Å²) in [5.41, 5.74) is 4.44. The van der Waals surface area contributed by atoms with Crippen LogP contribution in [-0.4, -0.2) is 27.4 Å². The van der Waals surface area contributed by atoms with Crippen LogP contribution < -0.4 is 10.2 Å². The van der Waals surface area contributed by atoms with Crippen LogP contribution in [0.1, 0.15) is 41.9 Å². The van der Waals surface area contributed by atoms with E-state index in [1.54, 1.807) is 0 Å². The van der Waals surface area contributed by atoms with Crippen molar-refractivity contribution in [3.8, 4) is 0 Å². The number of halogens is 1. The topological polar surface area (TPSA) is 42.3 Å². The molecule has 3 atom stereocenters. The van der Waals surface area contributed by atoms with Gasteiger partial charge in [0, 0.05) is 41.4 Å². The highest BCUT2D eigenvalue weighted by atomic mass is 79.9. The molecule has 0 saturated carbocycles. The van der Waals surface area contributed by atoms with Gasteiger partial charge in [0.25, 0.3) is 0 Å². The molecule has 0 radical (unpaired) electrons. The van der Waals surface area contributed by atoms with Gasteiger partial charge in [-0.25, -0.2) is 0 Å². The molecule has 0 aliphatic carbocycles. The largest absolute Gasteiger partial charge is 0.376 e. The Balaban J connectivity index is 1.58. The van der Waals surface area contributed by atoms with Crippen molar-refractivity contribution in [1.82, 2.24) is 14.9 Å². The number of thiocarbonyl (C=S) groups is 1. The Morgan fingerprint density at radius 1 is 1.23 bits per heavy atom. The quantitative estimate of drug-likeness (QED) is 0.484. The predicted molar refractivity (Wildman–Crippen MR) is 130 cm³/mol. The second-order valence-electron chi connectivity index (χ2n) is 8.15. The van der Waals surface area contributed by atoms with Crippen molar-refractivity contribution in [1.29, 1.82) is 0 Å². The van der Waals surface area contributed by atoms with Gasteiger partial charge >= 0.3 is 0 Å². The predicted octanol–water partition coefficient (Wildman–Crippen LogP) is 5.31. The first-order valence-corrected chi connectivity index (χ1v) is 11.9. The Morgan fingerprint density at radius 3 is 2.87 bits per heavy atom. The number of nitrogens with one attached hydrogen (secondary N) is 1. The highest BCUT2D eigenvalue weighted by molar-refractivity contribution is 9.10. The minimum Gasteiger partial charge on any atom is -0.376 e. The summed E-state index contributed by atoms with van der Waals surface area (Å²) in [7, 11) is 0. The summed E-state index contributed by atoms with van der Waals surface area (Å²) in [6, 6.07) is 16.7. The average molecular weight is 497 g/mol. The van der Waals surface area contributed by atoms with E-state index in [2.05, 4.69) is 85.2 Å². The van der Waals surface area contributed by atoms with Gasteiger partial charge in [-0.2, -0.15) is 0 Å². The number of aromatic nitrogens is 2. The molecule has 5 nitrogen and oxygen atoms in total. The van der Waals surface area contributed by atoms with Crippen LogP contribution in [0.4, 0.5) is 5.69 Å². The highest BCUT2D eigenvalue weighted by Gasteiger charge is 2.42. The van der Waals surface area contributed by atoms with Crippen molar-refractivity contribution >= 4 is 38.9 Å². The number of nitrogens with zero attached hydrogens (tertiary/aromatic N) is 3. The molecule has 2 aliphatic rings. The fourth-order valence-electron chi connectivity index (χ4n) is 4.58. The van der Waals surface area contributed by atoms with Gasteiger partial charge < -0.3 is 19.5 Å². The van der Waals surface area contributed by atoms with Gasteiger partial charge in [-0.3, -0.25) is 4.98 Å². The third-order valence-electron chi connectivity index (χ3n) is 6.11. The SMILES string of the molecule is Cc1cc(N2C(=S)N[C@H](c3ccccn3)[C@H]2c2cccn2C[C@H]2CCCO2)ccc1Br. The molecule has 7 heteroatoms. The number of pyridine rings is 1. The van der Waals surface area contributed by atoms with Crippen molar-refractivity contribution in [2.75, 3.05) is 11.5 Å². The van der Waals surface area contributed by atoms with Gasteiger partial charge in [0.05, 0.1) is 17.8 Å². The first kappa shape index (κ1) is 20.7. The van der Waals surface area contributed by atoms with Gasteiger partial charge in [-0.15, -0.1) is 0 Å². The van der Waals surface area contributed by atoms with Gasteiger partial charge in [0.15, 0.2) is 5.11 Å². The van der Waals surface area contributed by atoms with Crippen molar-refractivity contribution in [3.63, 3.8) is 0 Å². The van der Waals surface area contributed by atoms with Crippen LogP contribution in [-0.2, 0) is 11.3 Å². The molecule has 4 heterocycles. The summed E-state index contributed by atoms with van der Waals surface area (Å²) in [5, 5.41) is 4.27. The molecular weight excluding hydrogens is 472 g/mol. The fraction of sp³-hybridized carbons (Fsp3) is 0.333. The van der Waals surface area contributed by atoms with E-state index in [0.29, 0.717) is 5.11 Å². The highest BCUT2D eigenvalue weighted by Crippen LogP contribution is 2.42. The number of aryl methyl sites for hydroxylation is 1. The van der Waals surface area contributed by atoms with E-state index in [9.17, 15) is 0 Å². The molecule has 0 spiro atoms. The van der Waals surface area contributed by atoms with Gasteiger partial charge in [0.1, 0.15) is 6.04 Å². The number of anilines is 1. The first-order valence-electron chi connectivity index (χ1n) is 10.7. The zero-order valence-corrected chi connectivity index (χ0v) is 19.8. The summed E-state index contributed by atoms with van der Waals surface area (Å²) in [5.74, 6) is 0. The lowest BCUT2D eigenvalue weighted by molar-refractivity contribution is 0.0961. The van der Waals surface area contributed by atoms with Crippen LogP contribution in [0.25, 0.3) is 0 Å². The molecule has 1 N–H and O–H groups in total. The number of rotatable bonds is 5. The zero-order valence-electron chi connectivity index (χ0n) is 17.4. The third kappa shape index (κ3) is 4.02. The normalized spacial score (nSPS) is 23.4. The second-order valence-corrected chi connectivity index (χ2v) is 9.39. The molecule has 2 saturated heterocycles. The van der Waals surface area contributed by atoms with Crippen LogP contribution >= 0.6 is 28.1 Å². The maximum atomic E-state index is 5.92. The van der Waals surface area contributed by atoms with Gasteiger partial charge in [0.2, 0.25) is 0 Å². The second kappa shape index (κ2) is 8.73.